The molecule has 0 saturated carbocycles. The third-order valence-electron chi connectivity index (χ3n) is 6.47. The SMILES string of the molecule is CC1CCN(c2nc3c(cc2C(=O)NS(=O)(=O)c2cccc(N)n2)CCC3)C1(C)C. The Morgan fingerprint density at radius 3 is 2.70 bits per heavy atom. The highest BCUT2D eigenvalue weighted by molar-refractivity contribution is 7.90. The first kappa shape index (κ1) is 20.6. The summed E-state index contributed by atoms with van der Waals surface area (Å²) in [6, 6.07) is 6.08. The molecule has 1 aliphatic heterocycles. The molecule has 2 aromatic rings. The predicted molar refractivity (Wildman–Crippen MR) is 115 cm³/mol. The maximum Gasteiger partial charge on any atom is 0.281 e. The van der Waals surface area contributed by atoms with Crippen LogP contribution in [0.5, 0.6) is 0 Å². The van der Waals surface area contributed by atoms with Crippen molar-refractivity contribution in [1.29, 1.82) is 0 Å². The van der Waals surface area contributed by atoms with Crippen LogP contribution in [0.1, 0.15) is 55.2 Å². The second kappa shape index (κ2) is 7.23. The van der Waals surface area contributed by atoms with Crippen molar-refractivity contribution in [1.82, 2.24) is 14.7 Å². The van der Waals surface area contributed by atoms with Gasteiger partial charge in [-0.05, 0) is 69.2 Å². The van der Waals surface area contributed by atoms with Crippen LogP contribution >= 0.6 is 0 Å². The van der Waals surface area contributed by atoms with E-state index in [1.807, 2.05) is 0 Å². The highest BCUT2D eigenvalue weighted by atomic mass is 32.2. The van der Waals surface area contributed by atoms with Crippen molar-refractivity contribution in [3.05, 3.63) is 41.1 Å². The predicted octanol–water partition coefficient (Wildman–Crippen LogP) is 2.29. The van der Waals surface area contributed by atoms with Crippen LogP contribution in [0.3, 0.4) is 0 Å². The Morgan fingerprint density at radius 2 is 2.03 bits per heavy atom. The number of carbonyl (C=O) groups is 1. The van der Waals surface area contributed by atoms with E-state index in [9.17, 15) is 13.2 Å². The van der Waals surface area contributed by atoms with E-state index in [0.717, 1.165) is 43.5 Å². The van der Waals surface area contributed by atoms with Gasteiger partial charge in [0, 0.05) is 17.8 Å². The Labute approximate surface area is 177 Å². The van der Waals surface area contributed by atoms with Crippen LogP contribution in [0, 0.1) is 5.92 Å². The second-order valence-electron chi connectivity index (χ2n) is 8.65. The summed E-state index contributed by atoms with van der Waals surface area (Å²) < 4.78 is 27.6. The molecule has 0 aromatic carbocycles. The number of aryl methyl sites for hydroxylation is 2. The van der Waals surface area contributed by atoms with Gasteiger partial charge in [-0.3, -0.25) is 4.79 Å². The lowest BCUT2D eigenvalue weighted by Crippen LogP contribution is -2.44. The minimum absolute atomic E-state index is 0.0676. The summed E-state index contributed by atoms with van der Waals surface area (Å²) >= 11 is 0. The number of sulfonamides is 1. The number of aromatic nitrogens is 2. The van der Waals surface area contributed by atoms with Gasteiger partial charge < -0.3 is 10.6 Å². The van der Waals surface area contributed by atoms with E-state index in [2.05, 4.69) is 35.4 Å². The highest BCUT2D eigenvalue weighted by Gasteiger charge is 2.41. The average molecular weight is 430 g/mol. The lowest BCUT2D eigenvalue weighted by molar-refractivity contribution is 0.0981. The number of amides is 1. The zero-order valence-electron chi connectivity index (χ0n) is 17.5. The molecule has 0 bridgehead atoms. The van der Waals surface area contributed by atoms with Crippen molar-refractivity contribution in [3.63, 3.8) is 0 Å². The number of hydrogen-bond acceptors (Lipinski definition) is 7. The summed E-state index contributed by atoms with van der Waals surface area (Å²) in [5, 5.41) is -0.290. The number of rotatable bonds is 4. The minimum Gasteiger partial charge on any atom is -0.384 e. The van der Waals surface area contributed by atoms with Gasteiger partial charge in [0.2, 0.25) is 0 Å². The van der Waals surface area contributed by atoms with Crippen LogP contribution in [-0.4, -0.2) is 36.4 Å². The fourth-order valence-electron chi connectivity index (χ4n) is 4.25. The molecule has 9 heteroatoms. The Morgan fingerprint density at radius 1 is 1.27 bits per heavy atom. The van der Waals surface area contributed by atoms with E-state index >= 15 is 0 Å². The molecule has 2 aromatic heterocycles. The van der Waals surface area contributed by atoms with Crippen LogP contribution in [-0.2, 0) is 22.9 Å². The summed E-state index contributed by atoms with van der Waals surface area (Å²) in [6.45, 7) is 7.22. The monoisotopic (exact) mass is 429 g/mol. The Hall–Kier alpha value is -2.68. The van der Waals surface area contributed by atoms with Crippen molar-refractivity contribution in [2.75, 3.05) is 17.2 Å². The van der Waals surface area contributed by atoms with Crippen LogP contribution in [0.2, 0.25) is 0 Å². The third kappa shape index (κ3) is 3.51. The fraction of sp³-hybridized carbons (Fsp3) is 0.476. The van der Waals surface area contributed by atoms with E-state index in [-0.39, 0.29) is 21.9 Å². The molecule has 1 unspecified atom stereocenters. The summed E-state index contributed by atoms with van der Waals surface area (Å²) in [5.74, 6) is 0.340. The summed E-state index contributed by atoms with van der Waals surface area (Å²) in [5.41, 5.74) is 7.70. The molecule has 160 valence electrons. The maximum atomic E-state index is 13.2. The van der Waals surface area contributed by atoms with Gasteiger partial charge in [0.05, 0.1) is 5.56 Å². The zero-order chi connectivity index (χ0) is 21.7. The van der Waals surface area contributed by atoms with Gasteiger partial charge >= 0.3 is 0 Å². The van der Waals surface area contributed by atoms with E-state index in [1.165, 1.54) is 18.2 Å². The topological polar surface area (TPSA) is 118 Å². The lowest BCUT2D eigenvalue weighted by atomic mass is 9.90. The standard InChI is InChI=1S/C21H27N5O3S/c1-13-10-11-26(21(13,2)3)19-15(12-14-6-4-7-16(14)23-19)20(27)25-30(28,29)18-9-5-8-17(22)24-18/h5,8-9,12-13H,4,6-7,10-11H2,1-3H3,(H2,22,24)(H,25,27). The lowest BCUT2D eigenvalue weighted by Gasteiger charge is -2.36. The Bertz CT molecular complexity index is 1110. The van der Waals surface area contributed by atoms with E-state index < -0.39 is 15.9 Å². The molecule has 1 atom stereocenters. The van der Waals surface area contributed by atoms with Gasteiger partial charge in [-0.1, -0.05) is 13.0 Å². The first-order valence-corrected chi connectivity index (χ1v) is 11.7. The molecule has 3 heterocycles. The van der Waals surface area contributed by atoms with Gasteiger partial charge in [0.1, 0.15) is 11.6 Å². The number of nitrogens with one attached hydrogen (secondary N) is 1. The van der Waals surface area contributed by atoms with Crippen molar-refractivity contribution < 1.29 is 13.2 Å². The zero-order valence-corrected chi connectivity index (χ0v) is 18.3. The van der Waals surface area contributed by atoms with Crippen molar-refractivity contribution >= 4 is 27.6 Å². The summed E-state index contributed by atoms with van der Waals surface area (Å²) in [7, 11) is -4.16. The normalized spacial score (nSPS) is 20.2. The summed E-state index contributed by atoms with van der Waals surface area (Å²) in [4.78, 5) is 24.0. The largest absolute Gasteiger partial charge is 0.384 e. The number of nitrogens with two attached hydrogens (primary N) is 1. The fourth-order valence-corrected chi connectivity index (χ4v) is 5.19. The molecule has 2 aliphatic rings. The van der Waals surface area contributed by atoms with Gasteiger partial charge in [-0.25, -0.2) is 14.7 Å². The van der Waals surface area contributed by atoms with Gasteiger partial charge in [0.25, 0.3) is 15.9 Å². The van der Waals surface area contributed by atoms with Crippen LogP contribution in [0.25, 0.3) is 0 Å². The van der Waals surface area contributed by atoms with Crippen molar-refractivity contribution in [2.45, 2.75) is 57.0 Å². The third-order valence-corrected chi connectivity index (χ3v) is 7.70. The van der Waals surface area contributed by atoms with Crippen LogP contribution in [0.15, 0.2) is 29.3 Å². The smallest absolute Gasteiger partial charge is 0.281 e. The molecule has 30 heavy (non-hydrogen) atoms. The Kier molecular flexibility index (Phi) is 4.96. The van der Waals surface area contributed by atoms with Crippen LogP contribution < -0.4 is 15.4 Å². The molecule has 1 saturated heterocycles. The van der Waals surface area contributed by atoms with E-state index in [4.69, 9.17) is 10.7 Å². The number of anilines is 2. The molecule has 3 N–H and O–H groups in total. The molecule has 1 amide bonds. The number of nitrogens with zero attached hydrogens (tertiary/aromatic N) is 3. The number of fused-ring (bicyclic) bond motifs is 1. The first-order valence-electron chi connectivity index (χ1n) is 10.2. The molecule has 0 spiro atoms. The molecule has 8 nitrogen and oxygen atoms in total. The molecule has 0 radical (unpaired) electrons. The number of carbonyl (C=O) groups excluding carboxylic acids is 1. The maximum absolute atomic E-state index is 13.2. The molecular weight excluding hydrogens is 402 g/mol. The highest BCUT2D eigenvalue weighted by Crippen LogP contribution is 2.39. The van der Waals surface area contributed by atoms with E-state index in [0.29, 0.717) is 11.7 Å². The first-order chi connectivity index (χ1) is 14.1. The van der Waals surface area contributed by atoms with E-state index in [1.54, 1.807) is 6.07 Å². The molecule has 4 rings (SSSR count). The van der Waals surface area contributed by atoms with Gasteiger partial charge in [-0.2, -0.15) is 8.42 Å². The molecular formula is C21H27N5O3S. The Balaban J connectivity index is 1.74. The quantitative estimate of drug-likeness (QED) is 0.765. The number of hydrogen-bond donors (Lipinski definition) is 2. The van der Waals surface area contributed by atoms with Crippen LogP contribution in [0.4, 0.5) is 11.6 Å². The molecule has 1 aliphatic carbocycles. The molecule has 1 fully saturated rings. The van der Waals surface area contributed by atoms with Gasteiger partial charge in [-0.15, -0.1) is 0 Å². The van der Waals surface area contributed by atoms with Crippen molar-refractivity contribution in [3.8, 4) is 0 Å². The number of nitrogen functional groups attached to an aromatic ring is 1. The average Bonchev–Trinajstić information content (AvgIpc) is 3.24. The minimum atomic E-state index is -4.16. The van der Waals surface area contributed by atoms with Gasteiger partial charge in [0.15, 0.2) is 5.03 Å². The number of pyridine rings is 2. The van der Waals surface area contributed by atoms with Crippen molar-refractivity contribution in [2.24, 2.45) is 5.92 Å². The summed E-state index contributed by atoms with van der Waals surface area (Å²) in [6.07, 6.45) is 3.68. The second-order valence-corrected chi connectivity index (χ2v) is 10.3.